The molecule has 0 bridgehead atoms. The third kappa shape index (κ3) is 4.27. The van der Waals surface area contributed by atoms with Crippen molar-refractivity contribution >= 4 is 29.0 Å². The highest BCUT2D eigenvalue weighted by Crippen LogP contribution is 2.17. The molecule has 0 aliphatic rings. The number of hydrogen-bond acceptors (Lipinski definition) is 5. The maximum Gasteiger partial charge on any atom is 0.221 e. The number of nitrogens with zero attached hydrogens (tertiary/aromatic N) is 4. The zero-order valence-electron chi connectivity index (χ0n) is 13.3. The number of amides is 1. The number of Topliss-reactive ketones (excluding diaryl/α,β-unsaturated/α-hetero) is 1. The molecule has 0 radical (unpaired) electrons. The smallest absolute Gasteiger partial charge is 0.221 e. The van der Waals surface area contributed by atoms with Crippen molar-refractivity contribution in [2.24, 2.45) is 0 Å². The molecule has 0 saturated heterocycles. The maximum absolute atomic E-state index is 12.3. The number of hydrogen-bond donors (Lipinski definition) is 1. The van der Waals surface area contributed by atoms with E-state index in [-0.39, 0.29) is 18.2 Å². The normalized spacial score (nSPS) is 10.5. The van der Waals surface area contributed by atoms with Gasteiger partial charge in [0, 0.05) is 28.8 Å². The van der Waals surface area contributed by atoms with Crippen LogP contribution in [0.4, 0.5) is 5.69 Å². The third-order valence-corrected chi connectivity index (χ3v) is 3.62. The summed E-state index contributed by atoms with van der Waals surface area (Å²) in [6, 6.07) is 13.7. The molecule has 0 atom stereocenters. The Morgan fingerprint density at radius 2 is 1.76 bits per heavy atom. The van der Waals surface area contributed by atoms with Crippen LogP contribution in [0.15, 0.2) is 48.5 Å². The largest absolute Gasteiger partial charge is 0.326 e. The Hall–Kier alpha value is -3.06. The Kier molecular flexibility index (Phi) is 4.85. The molecule has 0 saturated carbocycles. The van der Waals surface area contributed by atoms with E-state index < -0.39 is 0 Å². The van der Waals surface area contributed by atoms with Gasteiger partial charge in [-0.05, 0) is 53.7 Å². The van der Waals surface area contributed by atoms with Crippen molar-refractivity contribution in [2.75, 3.05) is 5.32 Å². The summed E-state index contributed by atoms with van der Waals surface area (Å²) in [6.45, 7) is 1.40. The van der Waals surface area contributed by atoms with E-state index in [1.807, 2.05) is 0 Å². The molecular weight excluding hydrogens is 342 g/mol. The van der Waals surface area contributed by atoms with E-state index in [4.69, 9.17) is 11.6 Å². The molecule has 1 heterocycles. The second-order valence-corrected chi connectivity index (χ2v) is 5.77. The lowest BCUT2D eigenvalue weighted by Crippen LogP contribution is -2.13. The Labute approximate surface area is 148 Å². The van der Waals surface area contributed by atoms with Gasteiger partial charge in [0.2, 0.25) is 11.7 Å². The van der Waals surface area contributed by atoms with Gasteiger partial charge in [-0.2, -0.15) is 4.80 Å². The Morgan fingerprint density at radius 3 is 2.40 bits per heavy atom. The molecule has 0 unspecified atom stereocenters. The van der Waals surface area contributed by atoms with Crippen molar-refractivity contribution in [3.05, 3.63) is 59.1 Å². The third-order valence-electron chi connectivity index (χ3n) is 3.37. The van der Waals surface area contributed by atoms with Gasteiger partial charge in [-0.15, -0.1) is 10.2 Å². The molecule has 1 N–H and O–H groups in total. The first kappa shape index (κ1) is 16.8. The summed E-state index contributed by atoms with van der Waals surface area (Å²) in [5, 5.41) is 15.3. The van der Waals surface area contributed by atoms with E-state index in [0.29, 0.717) is 22.1 Å². The van der Waals surface area contributed by atoms with Crippen LogP contribution in [0.5, 0.6) is 0 Å². The summed E-state index contributed by atoms with van der Waals surface area (Å²) in [6.07, 6.45) is 0. The molecule has 7 nitrogen and oxygen atoms in total. The van der Waals surface area contributed by atoms with Crippen LogP contribution in [-0.2, 0) is 11.3 Å². The van der Waals surface area contributed by atoms with Gasteiger partial charge in [0.15, 0.2) is 5.78 Å². The number of rotatable bonds is 5. The summed E-state index contributed by atoms with van der Waals surface area (Å²) in [5.41, 5.74) is 1.90. The molecule has 25 heavy (non-hydrogen) atoms. The zero-order chi connectivity index (χ0) is 17.8. The molecule has 0 fully saturated rings. The second-order valence-electron chi connectivity index (χ2n) is 5.33. The second kappa shape index (κ2) is 7.23. The van der Waals surface area contributed by atoms with Gasteiger partial charge >= 0.3 is 0 Å². The molecule has 1 aromatic heterocycles. The Morgan fingerprint density at radius 1 is 1.08 bits per heavy atom. The highest BCUT2D eigenvalue weighted by molar-refractivity contribution is 6.30. The van der Waals surface area contributed by atoms with Gasteiger partial charge in [0.25, 0.3) is 0 Å². The first-order valence-electron chi connectivity index (χ1n) is 7.46. The van der Waals surface area contributed by atoms with Crippen LogP contribution in [0.1, 0.15) is 17.3 Å². The first-order chi connectivity index (χ1) is 12.0. The summed E-state index contributed by atoms with van der Waals surface area (Å²) in [5.74, 6) is 0.0977. The van der Waals surface area contributed by atoms with Crippen LogP contribution >= 0.6 is 11.6 Å². The summed E-state index contributed by atoms with van der Waals surface area (Å²) >= 11 is 5.85. The monoisotopic (exact) mass is 355 g/mol. The number of carbonyl (C=O) groups excluding carboxylic acids is 2. The number of ketones is 1. The molecular formula is C17H14ClN5O2. The van der Waals surface area contributed by atoms with Crippen LogP contribution in [0.2, 0.25) is 5.02 Å². The molecule has 0 spiro atoms. The van der Waals surface area contributed by atoms with Crippen LogP contribution < -0.4 is 5.32 Å². The highest BCUT2D eigenvalue weighted by Gasteiger charge is 2.11. The van der Waals surface area contributed by atoms with E-state index in [9.17, 15) is 9.59 Å². The van der Waals surface area contributed by atoms with Crippen molar-refractivity contribution in [3.63, 3.8) is 0 Å². The molecule has 0 aliphatic carbocycles. The van der Waals surface area contributed by atoms with Crippen LogP contribution in [0.3, 0.4) is 0 Å². The average Bonchev–Trinajstić information content (AvgIpc) is 3.04. The van der Waals surface area contributed by atoms with E-state index in [0.717, 1.165) is 5.56 Å². The number of tetrazole rings is 1. The van der Waals surface area contributed by atoms with Gasteiger partial charge in [0.05, 0.1) is 0 Å². The van der Waals surface area contributed by atoms with Gasteiger partial charge in [-0.3, -0.25) is 9.59 Å². The summed E-state index contributed by atoms with van der Waals surface area (Å²) in [4.78, 5) is 24.5. The topological polar surface area (TPSA) is 89.8 Å². The number of carbonyl (C=O) groups is 2. The van der Waals surface area contributed by atoms with Gasteiger partial charge < -0.3 is 5.32 Å². The lowest BCUT2D eigenvalue weighted by atomic mass is 10.1. The minimum absolute atomic E-state index is 0.0277. The lowest BCUT2D eigenvalue weighted by Gasteiger charge is -2.03. The first-order valence-corrected chi connectivity index (χ1v) is 7.83. The lowest BCUT2D eigenvalue weighted by molar-refractivity contribution is -0.114. The quantitative estimate of drug-likeness (QED) is 0.711. The van der Waals surface area contributed by atoms with E-state index >= 15 is 0 Å². The minimum Gasteiger partial charge on any atom is -0.326 e. The molecule has 1 amide bonds. The Balaban J connectivity index is 1.69. The number of halogens is 1. The van der Waals surface area contributed by atoms with Crippen LogP contribution in [0.25, 0.3) is 11.4 Å². The molecule has 3 rings (SSSR count). The molecule has 126 valence electrons. The predicted octanol–water partition coefficient (Wildman–Crippen LogP) is 2.83. The predicted molar refractivity (Wildman–Crippen MR) is 93.3 cm³/mol. The maximum atomic E-state index is 12.3. The summed E-state index contributed by atoms with van der Waals surface area (Å²) in [7, 11) is 0. The standard InChI is InChI=1S/C17H14ClN5O2/c1-11(24)19-15-8-4-12(5-9-15)16(25)10-23-21-17(20-22-23)13-2-6-14(18)7-3-13/h2-9H,10H2,1H3,(H,19,24). The highest BCUT2D eigenvalue weighted by atomic mass is 35.5. The van der Waals surface area contributed by atoms with Gasteiger partial charge in [-0.25, -0.2) is 0 Å². The van der Waals surface area contributed by atoms with Gasteiger partial charge in [-0.1, -0.05) is 11.6 Å². The van der Waals surface area contributed by atoms with Crippen molar-refractivity contribution in [1.29, 1.82) is 0 Å². The van der Waals surface area contributed by atoms with Crippen molar-refractivity contribution < 1.29 is 9.59 Å². The SMILES string of the molecule is CC(=O)Nc1ccc(C(=O)Cn2nnc(-c3ccc(Cl)cc3)n2)cc1. The number of anilines is 1. The molecule has 3 aromatic rings. The van der Waals surface area contributed by atoms with Crippen LogP contribution in [-0.4, -0.2) is 31.9 Å². The fourth-order valence-corrected chi connectivity index (χ4v) is 2.31. The zero-order valence-corrected chi connectivity index (χ0v) is 14.1. The minimum atomic E-state index is -0.166. The fourth-order valence-electron chi connectivity index (χ4n) is 2.19. The van der Waals surface area contributed by atoms with E-state index in [2.05, 4.69) is 20.7 Å². The van der Waals surface area contributed by atoms with E-state index in [1.54, 1.807) is 48.5 Å². The Bertz CT molecular complexity index is 904. The molecule has 8 heteroatoms. The number of aromatic nitrogens is 4. The number of nitrogens with one attached hydrogen (secondary N) is 1. The van der Waals surface area contributed by atoms with Crippen molar-refractivity contribution in [1.82, 2.24) is 20.2 Å². The van der Waals surface area contributed by atoms with Crippen molar-refractivity contribution in [2.45, 2.75) is 13.5 Å². The molecule has 0 aliphatic heterocycles. The molecule has 2 aromatic carbocycles. The van der Waals surface area contributed by atoms with Gasteiger partial charge in [0.1, 0.15) is 6.54 Å². The van der Waals surface area contributed by atoms with Crippen molar-refractivity contribution in [3.8, 4) is 11.4 Å². The van der Waals surface area contributed by atoms with Crippen LogP contribution in [0, 0.1) is 0 Å². The number of benzene rings is 2. The fraction of sp³-hybridized carbons (Fsp3) is 0.118. The van der Waals surface area contributed by atoms with E-state index in [1.165, 1.54) is 11.7 Å². The summed E-state index contributed by atoms with van der Waals surface area (Å²) < 4.78 is 0. The average molecular weight is 356 g/mol.